The summed E-state index contributed by atoms with van der Waals surface area (Å²) in [6, 6.07) is 9.23. The van der Waals surface area contributed by atoms with E-state index in [1.54, 1.807) is 11.1 Å². The summed E-state index contributed by atoms with van der Waals surface area (Å²) in [6.07, 6.45) is 14.8. The van der Waals surface area contributed by atoms with Gasteiger partial charge in [-0.25, -0.2) is 0 Å². The van der Waals surface area contributed by atoms with Gasteiger partial charge in [-0.05, 0) is 66.9 Å². The third kappa shape index (κ3) is 1.96. The van der Waals surface area contributed by atoms with Crippen molar-refractivity contribution < 1.29 is 0 Å². The van der Waals surface area contributed by atoms with E-state index in [2.05, 4.69) is 36.4 Å². The Labute approximate surface area is 116 Å². The molecule has 4 atom stereocenters. The Balaban J connectivity index is 1.75. The summed E-state index contributed by atoms with van der Waals surface area (Å²) in [5.74, 6) is 3.86. The molecule has 0 nitrogen and oxygen atoms in total. The van der Waals surface area contributed by atoms with Gasteiger partial charge in [0, 0.05) is 0 Å². The first-order chi connectivity index (χ1) is 9.43. The van der Waals surface area contributed by atoms with Crippen molar-refractivity contribution in [3.8, 4) is 0 Å². The molecule has 3 aliphatic carbocycles. The van der Waals surface area contributed by atoms with E-state index in [0.717, 1.165) is 30.1 Å². The lowest BCUT2D eigenvalue weighted by Crippen LogP contribution is -2.31. The average Bonchev–Trinajstić information content (AvgIpc) is 2.89. The molecule has 19 heavy (non-hydrogen) atoms. The van der Waals surface area contributed by atoms with Crippen LogP contribution in [0, 0.1) is 17.8 Å². The second-order valence-electron chi connectivity index (χ2n) is 6.81. The van der Waals surface area contributed by atoms with Gasteiger partial charge in [-0.2, -0.15) is 0 Å². The predicted molar refractivity (Wildman–Crippen MR) is 80.2 cm³/mol. The molecular formula is C19H24. The Hall–Kier alpha value is -1.04. The van der Waals surface area contributed by atoms with Gasteiger partial charge in [-0.15, -0.1) is 0 Å². The first-order valence-electron chi connectivity index (χ1n) is 8.16. The van der Waals surface area contributed by atoms with E-state index in [-0.39, 0.29) is 0 Å². The number of hydrogen-bond acceptors (Lipinski definition) is 0. The van der Waals surface area contributed by atoms with Crippen molar-refractivity contribution >= 4 is 0 Å². The summed E-state index contributed by atoms with van der Waals surface area (Å²) < 4.78 is 0. The molecule has 100 valence electrons. The molecule has 0 radical (unpaired) electrons. The fraction of sp³-hybridized carbons (Fsp3) is 0.579. The highest BCUT2D eigenvalue weighted by Gasteiger charge is 2.42. The number of allylic oxidation sites excluding steroid dienone is 2. The molecule has 0 N–H and O–H groups in total. The Morgan fingerprint density at radius 3 is 2.79 bits per heavy atom. The maximum absolute atomic E-state index is 2.48. The quantitative estimate of drug-likeness (QED) is 0.564. The summed E-state index contributed by atoms with van der Waals surface area (Å²) in [5.41, 5.74) is 3.27. The van der Waals surface area contributed by atoms with Crippen molar-refractivity contribution in [3.05, 3.63) is 47.5 Å². The largest absolute Gasteiger partial charge is 0.0879 e. The minimum atomic E-state index is 0.848. The van der Waals surface area contributed by atoms with E-state index in [0.29, 0.717) is 0 Å². The summed E-state index contributed by atoms with van der Waals surface area (Å²) in [6.45, 7) is 0. The molecule has 1 aromatic rings. The van der Waals surface area contributed by atoms with Gasteiger partial charge in [0.1, 0.15) is 0 Å². The monoisotopic (exact) mass is 252 g/mol. The van der Waals surface area contributed by atoms with Crippen LogP contribution in [-0.2, 0) is 6.42 Å². The van der Waals surface area contributed by atoms with Gasteiger partial charge in [0.2, 0.25) is 0 Å². The maximum Gasteiger partial charge on any atom is -0.00946 e. The van der Waals surface area contributed by atoms with Crippen LogP contribution in [0.5, 0.6) is 0 Å². The molecule has 1 aromatic carbocycles. The van der Waals surface area contributed by atoms with E-state index in [1.165, 1.54) is 38.5 Å². The van der Waals surface area contributed by atoms with E-state index in [4.69, 9.17) is 0 Å². The lowest BCUT2D eigenvalue weighted by molar-refractivity contribution is 0.154. The molecule has 0 aromatic heterocycles. The molecule has 3 aliphatic rings. The van der Waals surface area contributed by atoms with Crippen LogP contribution in [0.1, 0.15) is 55.6 Å². The molecular weight excluding hydrogens is 228 g/mol. The molecule has 4 rings (SSSR count). The molecule has 0 heterocycles. The second kappa shape index (κ2) is 4.81. The van der Waals surface area contributed by atoms with Crippen molar-refractivity contribution in [3.63, 3.8) is 0 Å². The minimum absolute atomic E-state index is 0.848. The Morgan fingerprint density at radius 1 is 0.842 bits per heavy atom. The molecule has 2 saturated carbocycles. The summed E-state index contributed by atoms with van der Waals surface area (Å²) in [5, 5.41) is 0. The molecule has 0 saturated heterocycles. The van der Waals surface area contributed by atoms with Crippen LogP contribution >= 0.6 is 0 Å². The lowest BCUT2D eigenvalue weighted by atomic mass is 9.63. The van der Waals surface area contributed by atoms with Crippen LogP contribution in [0.4, 0.5) is 0 Å². The van der Waals surface area contributed by atoms with Gasteiger partial charge >= 0.3 is 0 Å². The summed E-state index contributed by atoms with van der Waals surface area (Å²) in [7, 11) is 0. The van der Waals surface area contributed by atoms with Gasteiger partial charge in [0.15, 0.2) is 0 Å². The third-order valence-electron chi connectivity index (χ3n) is 6.00. The van der Waals surface area contributed by atoms with Gasteiger partial charge in [-0.1, -0.05) is 49.3 Å². The normalized spacial score (nSPS) is 36.8. The Kier molecular flexibility index (Phi) is 2.98. The molecule has 4 unspecified atom stereocenters. The van der Waals surface area contributed by atoms with Gasteiger partial charge in [-0.3, -0.25) is 0 Å². The Morgan fingerprint density at radius 2 is 1.79 bits per heavy atom. The highest BCUT2D eigenvalue weighted by molar-refractivity contribution is 5.34. The molecule has 0 aliphatic heterocycles. The zero-order chi connectivity index (χ0) is 12.7. The highest BCUT2D eigenvalue weighted by Crippen LogP contribution is 2.53. The predicted octanol–water partition coefficient (Wildman–Crippen LogP) is 5.10. The van der Waals surface area contributed by atoms with Crippen molar-refractivity contribution in [1.29, 1.82) is 0 Å². The summed E-state index contributed by atoms with van der Waals surface area (Å²) >= 11 is 0. The lowest BCUT2D eigenvalue weighted by Gasteiger charge is -2.41. The highest BCUT2D eigenvalue weighted by atomic mass is 14.5. The van der Waals surface area contributed by atoms with E-state index >= 15 is 0 Å². The SMILES string of the molecule is C1=CCC2C(CCC3CCCC32)c2ccccc2C1. The van der Waals surface area contributed by atoms with E-state index < -0.39 is 0 Å². The first-order valence-corrected chi connectivity index (χ1v) is 8.16. The average molecular weight is 252 g/mol. The summed E-state index contributed by atoms with van der Waals surface area (Å²) in [4.78, 5) is 0. The molecule has 0 heteroatoms. The van der Waals surface area contributed by atoms with Crippen LogP contribution in [-0.4, -0.2) is 0 Å². The third-order valence-corrected chi connectivity index (χ3v) is 6.00. The van der Waals surface area contributed by atoms with Crippen LogP contribution < -0.4 is 0 Å². The van der Waals surface area contributed by atoms with Crippen molar-refractivity contribution in [1.82, 2.24) is 0 Å². The molecule has 0 amide bonds. The van der Waals surface area contributed by atoms with Crippen LogP contribution in [0.3, 0.4) is 0 Å². The maximum atomic E-state index is 2.48. The Bertz CT molecular complexity index is 485. The number of benzene rings is 1. The van der Waals surface area contributed by atoms with Gasteiger partial charge in [0.05, 0.1) is 0 Å². The molecule has 2 fully saturated rings. The standard InChI is InChI=1S/C19H24/c1-3-9-16-14(6-1)7-2-4-10-18-17-11-5-8-15(17)12-13-19(16)18/h1-4,6,9,15,17-19H,5,7-8,10-13H2. The fourth-order valence-corrected chi connectivity index (χ4v) is 5.16. The van der Waals surface area contributed by atoms with E-state index in [1.807, 2.05) is 0 Å². The fourth-order valence-electron chi connectivity index (χ4n) is 5.16. The van der Waals surface area contributed by atoms with Crippen molar-refractivity contribution in [2.24, 2.45) is 17.8 Å². The number of hydrogen-bond donors (Lipinski definition) is 0. The van der Waals surface area contributed by atoms with Crippen LogP contribution in [0.2, 0.25) is 0 Å². The number of fused-ring (bicyclic) bond motifs is 5. The van der Waals surface area contributed by atoms with E-state index in [9.17, 15) is 0 Å². The zero-order valence-corrected chi connectivity index (χ0v) is 11.7. The smallest absolute Gasteiger partial charge is 0.00946 e. The van der Waals surface area contributed by atoms with Crippen molar-refractivity contribution in [2.45, 2.75) is 50.9 Å². The van der Waals surface area contributed by atoms with Crippen LogP contribution in [0.15, 0.2) is 36.4 Å². The van der Waals surface area contributed by atoms with Gasteiger partial charge < -0.3 is 0 Å². The number of rotatable bonds is 0. The molecule has 0 spiro atoms. The minimum Gasteiger partial charge on any atom is -0.0879 e. The zero-order valence-electron chi connectivity index (χ0n) is 11.7. The van der Waals surface area contributed by atoms with Crippen LogP contribution in [0.25, 0.3) is 0 Å². The van der Waals surface area contributed by atoms with Gasteiger partial charge in [0.25, 0.3) is 0 Å². The van der Waals surface area contributed by atoms with Crippen molar-refractivity contribution in [2.75, 3.05) is 0 Å². The second-order valence-corrected chi connectivity index (χ2v) is 6.81. The molecule has 0 bridgehead atoms. The first kappa shape index (κ1) is 11.8. The topological polar surface area (TPSA) is 0 Å².